The highest BCUT2D eigenvalue weighted by molar-refractivity contribution is 7.80. The Bertz CT molecular complexity index is 841. The molecule has 2 aromatic carbocycles. The topological polar surface area (TPSA) is 53.2 Å². The molecule has 0 saturated carbocycles. The first-order valence-corrected chi connectivity index (χ1v) is 9.38. The Labute approximate surface area is 177 Å². The van der Waals surface area contributed by atoms with Crippen molar-refractivity contribution < 1.29 is 9.18 Å². The van der Waals surface area contributed by atoms with Crippen LogP contribution >= 0.6 is 47.0 Å². The molecule has 27 heavy (non-hydrogen) atoms. The molecule has 0 fully saturated rings. The average Bonchev–Trinajstić information content (AvgIpc) is 2.56. The van der Waals surface area contributed by atoms with Gasteiger partial charge in [-0.2, -0.15) is 0 Å². The first-order valence-electron chi connectivity index (χ1n) is 7.84. The highest BCUT2D eigenvalue weighted by Crippen LogP contribution is 2.29. The van der Waals surface area contributed by atoms with Crippen molar-refractivity contribution in [3.05, 3.63) is 65.0 Å². The number of carbonyl (C=O) groups is 1. The minimum absolute atomic E-state index is 0.165. The molecule has 2 aromatic rings. The lowest BCUT2D eigenvalue weighted by Gasteiger charge is -2.28. The van der Waals surface area contributed by atoms with Crippen LogP contribution in [-0.4, -0.2) is 21.0 Å². The third-order valence-corrected chi connectivity index (χ3v) is 4.49. The third kappa shape index (κ3) is 6.50. The number of amides is 1. The Kier molecular flexibility index (Phi) is 7.28. The highest BCUT2D eigenvalue weighted by Gasteiger charge is 2.35. The predicted molar refractivity (Wildman–Crippen MR) is 113 cm³/mol. The minimum atomic E-state index is -1.89. The van der Waals surface area contributed by atoms with Gasteiger partial charge in [-0.3, -0.25) is 4.79 Å². The first-order chi connectivity index (χ1) is 12.6. The van der Waals surface area contributed by atoms with E-state index in [9.17, 15) is 9.18 Å². The summed E-state index contributed by atoms with van der Waals surface area (Å²) in [6, 6.07) is 10.8. The Morgan fingerprint density at radius 1 is 1.07 bits per heavy atom. The summed E-state index contributed by atoms with van der Waals surface area (Å²) in [5.41, 5.74) is 3.10. The van der Waals surface area contributed by atoms with E-state index in [0.29, 0.717) is 0 Å². The Hall–Kier alpha value is -1.60. The van der Waals surface area contributed by atoms with Gasteiger partial charge < -0.3 is 16.0 Å². The van der Waals surface area contributed by atoms with Crippen molar-refractivity contribution in [2.24, 2.45) is 0 Å². The Morgan fingerprint density at radius 2 is 1.70 bits per heavy atom. The fourth-order valence-corrected chi connectivity index (χ4v) is 2.81. The number of hydrogen-bond donors (Lipinski definition) is 3. The van der Waals surface area contributed by atoms with Crippen LogP contribution in [0.2, 0.25) is 0 Å². The zero-order valence-electron chi connectivity index (χ0n) is 14.4. The second-order valence-corrected chi connectivity index (χ2v) is 8.65. The maximum Gasteiger partial charge on any atom is 0.252 e. The van der Waals surface area contributed by atoms with Crippen LogP contribution in [0.15, 0.2) is 42.5 Å². The quantitative estimate of drug-likeness (QED) is 0.355. The minimum Gasteiger partial charge on any atom is -0.339 e. The van der Waals surface area contributed by atoms with Crippen molar-refractivity contribution in [2.75, 3.05) is 5.32 Å². The number of rotatable bonds is 4. The van der Waals surface area contributed by atoms with Crippen molar-refractivity contribution >= 4 is 63.7 Å². The van der Waals surface area contributed by atoms with E-state index in [4.69, 9.17) is 47.0 Å². The van der Waals surface area contributed by atoms with Gasteiger partial charge in [-0.05, 0) is 62.0 Å². The zero-order chi connectivity index (χ0) is 20.2. The molecule has 0 heterocycles. The van der Waals surface area contributed by atoms with Gasteiger partial charge in [0.25, 0.3) is 5.91 Å². The van der Waals surface area contributed by atoms with E-state index in [1.807, 2.05) is 32.0 Å². The smallest absolute Gasteiger partial charge is 0.252 e. The molecule has 144 valence electrons. The van der Waals surface area contributed by atoms with Crippen LogP contribution in [0.4, 0.5) is 10.1 Å². The Balaban J connectivity index is 2.08. The number of halogens is 4. The maximum absolute atomic E-state index is 13.0. The number of anilines is 1. The van der Waals surface area contributed by atoms with Gasteiger partial charge in [0.2, 0.25) is 3.79 Å². The SMILES string of the molecule is Cc1ccc(NC(=S)N[C@@H](NC(=O)c2ccc(F)cc2)C(Cl)(Cl)Cl)c(C)c1. The van der Waals surface area contributed by atoms with Crippen molar-refractivity contribution in [3.63, 3.8) is 0 Å². The molecule has 1 amide bonds. The Morgan fingerprint density at radius 3 is 2.26 bits per heavy atom. The molecule has 2 rings (SSSR count). The second kappa shape index (κ2) is 9.06. The van der Waals surface area contributed by atoms with Crippen molar-refractivity contribution in [2.45, 2.75) is 23.8 Å². The molecule has 4 nitrogen and oxygen atoms in total. The van der Waals surface area contributed by atoms with Crippen LogP contribution in [-0.2, 0) is 0 Å². The van der Waals surface area contributed by atoms with Gasteiger partial charge in [0, 0.05) is 11.3 Å². The number of thiocarbonyl (C=S) groups is 1. The van der Waals surface area contributed by atoms with Gasteiger partial charge in [0.1, 0.15) is 12.0 Å². The fraction of sp³-hybridized carbons (Fsp3) is 0.222. The van der Waals surface area contributed by atoms with E-state index < -0.39 is 21.7 Å². The number of carbonyl (C=O) groups excluding carboxylic acids is 1. The molecular formula is C18H17Cl3FN3OS. The largest absolute Gasteiger partial charge is 0.339 e. The molecule has 0 aliphatic heterocycles. The lowest BCUT2D eigenvalue weighted by atomic mass is 10.1. The molecule has 0 aliphatic carbocycles. The number of alkyl halides is 3. The molecule has 0 unspecified atom stereocenters. The fourth-order valence-electron chi connectivity index (χ4n) is 2.26. The summed E-state index contributed by atoms with van der Waals surface area (Å²) >= 11 is 23.1. The zero-order valence-corrected chi connectivity index (χ0v) is 17.5. The van der Waals surface area contributed by atoms with Crippen molar-refractivity contribution in [3.8, 4) is 0 Å². The molecule has 0 spiro atoms. The summed E-state index contributed by atoms with van der Waals surface area (Å²) in [6.07, 6.45) is -1.12. The molecule has 0 aromatic heterocycles. The van der Waals surface area contributed by atoms with Gasteiger partial charge in [0.05, 0.1) is 0 Å². The van der Waals surface area contributed by atoms with Crippen LogP contribution in [0, 0.1) is 19.7 Å². The van der Waals surface area contributed by atoms with Crippen LogP contribution in [0.25, 0.3) is 0 Å². The van der Waals surface area contributed by atoms with Gasteiger partial charge in [0.15, 0.2) is 5.11 Å². The molecule has 3 N–H and O–H groups in total. The highest BCUT2D eigenvalue weighted by atomic mass is 35.6. The summed E-state index contributed by atoms with van der Waals surface area (Å²) in [4.78, 5) is 12.3. The summed E-state index contributed by atoms with van der Waals surface area (Å²) in [7, 11) is 0. The van der Waals surface area contributed by atoms with Crippen LogP contribution in [0.5, 0.6) is 0 Å². The molecule has 9 heteroatoms. The van der Waals surface area contributed by atoms with Crippen LogP contribution in [0.1, 0.15) is 21.5 Å². The van der Waals surface area contributed by atoms with E-state index in [1.54, 1.807) is 0 Å². The van der Waals surface area contributed by atoms with E-state index >= 15 is 0 Å². The van der Waals surface area contributed by atoms with Crippen molar-refractivity contribution in [1.29, 1.82) is 0 Å². The molecule has 0 saturated heterocycles. The predicted octanol–water partition coefficient (Wildman–Crippen LogP) is 4.86. The monoisotopic (exact) mass is 447 g/mol. The molecule has 0 aliphatic rings. The standard InChI is InChI=1S/C18H17Cl3FN3OS/c1-10-3-8-14(11(2)9-10)23-17(27)25-16(18(19,20)21)24-15(26)12-4-6-13(22)7-5-12/h3-9,16H,1-2H3,(H,24,26)(H2,23,25,27)/t16-/m1/s1. The summed E-state index contributed by atoms with van der Waals surface area (Å²) in [5.74, 6) is -1.01. The van der Waals surface area contributed by atoms with E-state index in [1.165, 1.54) is 24.3 Å². The number of nitrogens with one attached hydrogen (secondary N) is 3. The van der Waals surface area contributed by atoms with E-state index in [-0.39, 0.29) is 10.7 Å². The first kappa shape index (κ1) is 21.7. The summed E-state index contributed by atoms with van der Waals surface area (Å²) in [5, 5.41) is 8.48. The van der Waals surface area contributed by atoms with Gasteiger partial charge in [-0.1, -0.05) is 52.5 Å². The van der Waals surface area contributed by atoms with Crippen LogP contribution in [0.3, 0.4) is 0 Å². The van der Waals surface area contributed by atoms with Gasteiger partial charge in [-0.15, -0.1) is 0 Å². The van der Waals surface area contributed by atoms with Gasteiger partial charge in [-0.25, -0.2) is 4.39 Å². The third-order valence-electron chi connectivity index (χ3n) is 3.61. The van der Waals surface area contributed by atoms with E-state index in [2.05, 4.69) is 16.0 Å². The summed E-state index contributed by atoms with van der Waals surface area (Å²) < 4.78 is 11.1. The van der Waals surface area contributed by atoms with E-state index in [0.717, 1.165) is 16.8 Å². The summed E-state index contributed by atoms with van der Waals surface area (Å²) in [6.45, 7) is 3.91. The second-order valence-electron chi connectivity index (χ2n) is 5.87. The lowest BCUT2D eigenvalue weighted by Crippen LogP contribution is -2.56. The lowest BCUT2D eigenvalue weighted by molar-refractivity contribution is 0.0934. The van der Waals surface area contributed by atoms with Crippen LogP contribution < -0.4 is 16.0 Å². The molecule has 0 radical (unpaired) electrons. The molecule has 0 bridgehead atoms. The molecular weight excluding hydrogens is 432 g/mol. The van der Waals surface area contributed by atoms with Crippen molar-refractivity contribution in [1.82, 2.24) is 10.6 Å². The maximum atomic E-state index is 13.0. The number of benzene rings is 2. The average molecular weight is 449 g/mol. The number of aryl methyl sites for hydroxylation is 2. The molecule has 1 atom stereocenters. The van der Waals surface area contributed by atoms with Gasteiger partial charge >= 0.3 is 0 Å². The normalized spacial score (nSPS) is 12.2. The number of hydrogen-bond acceptors (Lipinski definition) is 2.